The molecule has 2 heteroatoms. The van der Waals surface area contributed by atoms with Crippen LogP contribution in [0, 0.1) is 12.8 Å². The highest BCUT2D eigenvalue weighted by atomic mass is 14.8. The molecule has 0 spiro atoms. The molecule has 12 heavy (non-hydrogen) atoms. The van der Waals surface area contributed by atoms with Crippen molar-refractivity contribution in [1.29, 1.82) is 0 Å². The average Bonchev–Trinajstić information content (AvgIpc) is 2.03. The Morgan fingerprint density at radius 1 is 1.17 bits per heavy atom. The van der Waals surface area contributed by atoms with Gasteiger partial charge in [-0.25, -0.2) is 0 Å². The van der Waals surface area contributed by atoms with Crippen LogP contribution in [0.1, 0.15) is 38.1 Å². The Balaban J connectivity index is 2.88. The maximum Gasteiger partial charge on any atom is 0.0620 e. The summed E-state index contributed by atoms with van der Waals surface area (Å²) in [6.45, 7) is 8.57. The van der Waals surface area contributed by atoms with E-state index in [4.69, 9.17) is 0 Å². The van der Waals surface area contributed by atoms with E-state index in [2.05, 4.69) is 30.7 Å². The van der Waals surface area contributed by atoms with E-state index in [1.54, 1.807) is 6.20 Å². The summed E-state index contributed by atoms with van der Waals surface area (Å²) in [6.07, 6.45) is 3.65. The van der Waals surface area contributed by atoms with Gasteiger partial charge in [0.25, 0.3) is 0 Å². The fourth-order valence-electron chi connectivity index (χ4n) is 1.04. The van der Waals surface area contributed by atoms with Crippen LogP contribution in [0.2, 0.25) is 0 Å². The standard InChI is InChI=1S/C10H16N2/c1-7(2)9(4)10-6-11-5-8(3)12-10/h5-7,9H,1-4H3. The van der Waals surface area contributed by atoms with E-state index in [0.717, 1.165) is 11.4 Å². The van der Waals surface area contributed by atoms with E-state index < -0.39 is 0 Å². The first-order chi connectivity index (χ1) is 5.61. The van der Waals surface area contributed by atoms with Gasteiger partial charge in [-0.05, 0) is 12.8 Å². The van der Waals surface area contributed by atoms with Crippen LogP contribution >= 0.6 is 0 Å². The van der Waals surface area contributed by atoms with Gasteiger partial charge in [-0.3, -0.25) is 9.97 Å². The number of aryl methyl sites for hydroxylation is 1. The second-order valence-corrected chi connectivity index (χ2v) is 3.62. The molecule has 0 N–H and O–H groups in total. The molecule has 0 aromatic carbocycles. The van der Waals surface area contributed by atoms with Crippen LogP contribution in [0.15, 0.2) is 12.4 Å². The normalized spacial score (nSPS) is 13.4. The van der Waals surface area contributed by atoms with Crippen LogP contribution < -0.4 is 0 Å². The quantitative estimate of drug-likeness (QED) is 0.671. The van der Waals surface area contributed by atoms with Crippen molar-refractivity contribution in [1.82, 2.24) is 9.97 Å². The molecule has 0 amide bonds. The van der Waals surface area contributed by atoms with Crippen LogP contribution in [0.25, 0.3) is 0 Å². The highest BCUT2D eigenvalue weighted by molar-refractivity contribution is 5.06. The maximum atomic E-state index is 4.43. The Bertz CT molecular complexity index is 256. The van der Waals surface area contributed by atoms with E-state index in [1.165, 1.54) is 0 Å². The van der Waals surface area contributed by atoms with Gasteiger partial charge in [0, 0.05) is 18.3 Å². The van der Waals surface area contributed by atoms with Crippen molar-refractivity contribution in [2.24, 2.45) is 5.92 Å². The van der Waals surface area contributed by atoms with Crippen molar-refractivity contribution in [3.63, 3.8) is 0 Å². The number of hydrogen-bond donors (Lipinski definition) is 0. The molecule has 0 fully saturated rings. The first kappa shape index (κ1) is 9.17. The van der Waals surface area contributed by atoms with E-state index in [9.17, 15) is 0 Å². The molecule has 2 nitrogen and oxygen atoms in total. The zero-order valence-electron chi connectivity index (χ0n) is 8.20. The van der Waals surface area contributed by atoms with Gasteiger partial charge in [0.05, 0.1) is 11.4 Å². The summed E-state index contributed by atoms with van der Waals surface area (Å²) >= 11 is 0. The molecule has 0 saturated carbocycles. The van der Waals surface area contributed by atoms with E-state index in [-0.39, 0.29) is 0 Å². The van der Waals surface area contributed by atoms with Gasteiger partial charge in [0.1, 0.15) is 0 Å². The molecule has 1 heterocycles. The monoisotopic (exact) mass is 164 g/mol. The minimum absolute atomic E-state index is 0.498. The molecule has 0 bridgehead atoms. The van der Waals surface area contributed by atoms with Gasteiger partial charge in [0.2, 0.25) is 0 Å². The molecular weight excluding hydrogens is 148 g/mol. The molecule has 0 aliphatic carbocycles. The van der Waals surface area contributed by atoms with Crippen LogP contribution in [0.4, 0.5) is 0 Å². The van der Waals surface area contributed by atoms with Crippen molar-refractivity contribution in [2.75, 3.05) is 0 Å². The minimum Gasteiger partial charge on any atom is -0.261 e. The summed E-state index contributed by atoms with van der Waals surface area (Å²) in [5.41, 5.74) is 2.10. The molecule has 0 saturated heterocycles. The Morgan fingerprint density at radius 3 is 2.33 bits per heavy atom. The lowest BCUT2D eigenvalue weighted by Gasteiger charge is -2.14. The zero-order valence-corrected chi connectivity index (χ0v) is 8.20. The molecule has 1 aromatic heterocycles. The molecule has 1 aromatic rings. The third-order valence-electron chi connectivity index (χ3n) is 2.24. The number of aromatic nitrogens is 2. The molecule has 66 valence electrons. The van der Waals surface area contributed by atoms with Crippen LogP contribution in [-0.4, -0.2) is 9.97 Å². The Labute approximate surface area is 74.1 Å². The molecule has 1 atom stereocenters. The van der Waals surface area contributed by atoms with E-state index in [1.807, 2.05) is 13.1 Å². The van der Waals surface area contributed by atoms with Gasteiger partial charge < -0.3 is 0 Å². The fraction of sp³-hybridized carbons (Fsp3) is 0.600. The van der Waals surface area contributed by atoms with Crippen molar-refractivity contribution in [3.8, 4) is 0 Å². The topological polar surface area (TPSA) is 25.8 Å². The summed E-state index contributed by atoms with van der Waals surface area (Å²) in [7, 11) is 0. The van der Waals surface area contributed by atoms with Gasteiger partial charge in [-0.1, -0.05) is 20.8 Å². The van der Waals surface area contributed by atoms with E-state index >= 15 is 0 Å². The van der Waals surface area contributed by atoms with Crippen LogP contribution in [0.5, 0.6) is 0 Å². The number of rotatable bonds is 2. The first-order valence-electron chi connectivity index (χ1n) is 4.40. The van der Waals surface area contributed by atoms with Crippen molar-refractivity contribution >= 4 is 0 Å². The lowest BCUT2D eigenvalue weighted by atomic mass is 9.95. The predicted octanol–water partition coefficient (Wildman–Crippen LogP) is 2.54. The smallest absolute Gasteiger partial charge is 0.0620 e. The van der Waals surface area contributed by atoms with Crippen LogP contribution in [-0.2, 0) is 0 Å². The predicted molar refractivity (Wildman–Crippen MR) is 50.0 cm³/mol. The molecule has 0 radical (unpaired) electrons. The summed E-state index contributed by atoms with van der Waals surface area (Å²) in [4.78, 5) is 8.56. The number of nitrogens with zero attached hydrogens (tertiary/aromatic N) is 2. The third kappa shape index (κ3) is 2.03. The zero-order chi connectivity index (χ0) is 9.14. The van der Waals surface area contributed by atoms with E-state index in [0.29, 0.717) is 11.8 Å². The first-order valence-corrected chi connectivity index (χ1v) is 4.40. The van der Waals surface area contributed by atoms with Crippen molar-refractivity contribution in [2.45, 2.75) is 33.6 Å². The third-order valence-corrected chi connectivity index (χ3v) is 2.24. The molecule has 0 aliphatic heterocycles. The second-order valence-electron chi connectivity index (χ2n) is 3.62. The Kier molecular flexibility index (Phi) is 2.79. The summed E-state index contributed by atoms with van der Waals surface area (Å²) in [5, 5.41) is 0. The van der Waals surface area contributed by atoms with Crippen LogP contribution in [0.3, 0.4) is 0 Å². The Hall–Kier alpha value is -0.920. The van der Waals surface area contributed by atoms with Gasteiger partial charge in [-0.2, -0.15) is 0 Å². The van der Waals surface area contributed by atoms with Gasteiger partial charge in [-0.15, -0.1) is 0 Å². The van der Waals surface area contributed by atoms with Gasteiger partial charge >= 0.3 is 0 Å². The minimum atomic E-state index is 0.498. The molecule has 0 aliphatic rings. The fourth-order valence-corrected chi connectivity index (χ4v) is 1.04. The highest BCUT2D eigenvalue weighted by Gasteiger charge is 2.11. The summed E-state index contributed by atoms with van der Waals surface area (Å²) < 4.78 is 0. The average molecular weight is 164 g/mol. The SMILES string of the molecule is Cc1cncc(C(C)C(C)C)n1. The lowest BCUT2D eigenvalue weighted by molar-refractivity contribution is 0.521. The lowest BCUT2D eigenvalue weighted by Crippen LogP contribution is -2.05. The largest absolute Gasteiger partial charge is 0.261 e. The molecule has 1 unspecified atom stereocenters. The summed E-state index contributed by atoms with van der Waals surface area (Å²) in [5.74, 6) is 1.12. The molecule has 1 rings (SSSR count). The van der Waals surface area contributed by atoms with Gasteiger partial charge in [0.15, 0.2) is 0 Å². The second kappa shape index (κ2) is 3.65. The summed E-state index contributed by atoms with van der Waals surface area (Å²) in [6, 6.07) is 0. The molecular formula is C10H16N2. The van der Waals surface area contributed by atoms with Crippen molar-refractivity contribution < 1.29 is 0 Å². The highest BCUT2D eigenvalue weighted by Crippen LogP contribution is 2.20. The van der Waals surface area contributed by atoms with Crippen molar-refractivity contribution in [3.05, 3.63) is 23.8 Å². The number of hydrogen-bond acceptors (Lipinski definition) is 2. The Morgan fingerprint density at radius 2 is 1.83 bits per heavy atom. The maximum absolute atomic E-state index is 4.43.